The molecule has 0 spiro atoms. The lowest BCUT2D eigenvalue weighted by Crippen LogP contribution is -2.23. The Balaban J connectivity index is 1.93. The van der Waals surface area contributed by atoms with Crippen molar-refractivity contribution < 1.29 is 9.47 Å². The Morgan fingerprint density at radius 2 is 1.87 bits per heavy atom. The molecule has 0 amide bonds. The first-order valence-electron chi connectivity index (χ1n) is 7.47. The Kier molecular flexibility index (Phi) is 5.86. The predicted octanol–water partition coefficient (Wildman–Crippen LogP) is 2.98. The average Bonchev–Trinajstić information content (AvgIpc) is 2.54. The second kappa shape index (κ2) is 8.08. The van der Waals surface area contributed by atoms with Crippen LogP contribution in [-0.4, -0.2) is 26.7 Å². The van der Waals surface area contributed by atoms with E-state index in [1.807, 2.05) is 49.4 Å². The molecule has 3 N–H and O–H groups in total. The number of nitrogens with zero attached hydrogens (tertiary/aromatic N) is 1. The van der Waals surface area contributed by atoms with Gasteiger partial charge >= 0.3 is 0 Å². The maximum Gasteiger partial charge on any atom is 0.193 e. The largest absolute Gasteiger partial charge is 0.493 e. The molecule has 5 heteroatoms. The lowest BCUT2D eigenvalue weighted by Gasteiger charge is -2.09. The van der Waals surface area contributed by atoms with Gasteiger partial charge in [0.1, 0.15) is 0 Å². The molecular weight excluding hydrogens is 290 g/mol. The Labute approximate surface area is 137 Å². The van der Waals surface area contributed by atoms with Gasteiger partial charge in [-0.25, -0.2) is 0 Å². The number of ether oxygens (including phenoxy) is 2. The number of hydrogen-bond acceptors (Lipinski definition) is 3. The summed E-state index contributed by atoms with van der Waals surface area (Å²) >= 11 is 0. The van der Waals surface area contributed by atoms with Crippen LogP contribution in [0.2, 0.25) is 0 Å². The van der Waals surface area contributed by atoms with Gasteiger partial charge in [0.15, 0.2) is 17.5 Å². The van der Waals surface area contributed by atoms with Crippen molar-refractivity contribution in [2.45, 2.75) is 13.3 Å². The van der Waals surface area contributed by atoms with Gasteiger partial charge in [0.25, 0.3) is 0 Å². The summed E-state index contributed by atoms with van der Waals surface area (Å²) in [6.45, 7) is 2.63. The minimum Gasteiger partial charge on any atom is -0.493 e. The van der Waals surface area contributed by atoms with Crippen LogP contribution in [0.15, 0.2) is 47.5 Å². The van der Waals surface area contributed by atoms with Crippen LogP contribution < -0.4 is 20.5 Å². The summed E-state index contributed by atoms with van der Waals surface area (Å²) in [6.07, 6.45) is 0.774. The maximum atomic E-state index is 5.92. The van der Waals surface area contributed by atoms with Crippen molar-refractivity contribution in [3.05, 3.63) is 53.6 Å². The highest BCUT2D eigenvalue weighted by atomic mass is 16.5. The highest BCUT2D eigenvalue weighted by Crippen LogP contribution is 2.27. The molecule has 0 aliphatic carbocycles. The van der Waals surface area contributed by atoms with Crippen LogP contribution in [0.5, 0.6) is 11.5 Å². The normalized spacial score (nSPS) is 11.2. The summed E-state index contributed by atoms with van der Waals surface area (Å²) in [6, 6.07) is 13.9. The highest BCUT2D eigenvalue weighted by molar-refractivity contribution is 5.92. The molecule has 0 fully saturated rings. The number of rotatable bonds is 6. The van der Waals surface area contributed by atoms with Gasteiger partial charge in [-0.3, -0.25) is 4.99 Å². The molecule has 0 heterocycles. The van der Waals surface area contributed by atoms with Crippen LogP contribution in [0, 0.1) is 6.92 Å². The molecule has 0 radical (unpaired) electrons. The van der Waals surface area contributed by atoms with Crippen LogP contribution in [0.4, 0.5) is 5.69 Å². The minimum absolute atomic E-state index is 0.413. The van der Waals surface area contributed by atoms with Crippen molar-refractivity contribution in [1.82, 2.24) is 0 Å². The van der Waals surface area contributed by atoms with Gasteiger partial charge in [-0.2, -0.15) is 0 Å². The number of aryl methyl sites for hydroxylation is 1. The molecule has 0 aliphatic rings. The zero-order valence-corrected chi connectivity index (χ0v) is 13.8. The number of nitrogens with one attached hydrogen (secondary N) is 1. The van der Waals surface area contributed by atoms with Gasteiger partial charge in [-0.05, 0) is 48.7 Å². The number of nitrogens with two attached hydrogens (primary N) is 1. The zero-order chi connectivity index (χ0) is 16.7. The lowest BCUT2D eigenvalue weighted by molar-refractivity contribution is 0.354. The number of hydrogen-bond donors (Lipinski definition) is 2. The summed E-state index contributed by atoms with van der Waals surface area (Å²) in [5.74, 6) is 1.86. The molecule has 0 aromatic heterocycles. The quantitative estimate of drug-likeness (QED) is 0.635. The summed E-state index contributed by atoms with van der Waals surface area (Å²) in [4.78, 5) is 4.35. The van der Waals surface area contributed by atoms with Gasteiger partial charge in [0.2, 0.25) is 0 Å². The smallest absolute Gasteiger partial charge is 0.193 e. The molecule has 122 valence electrons. The van der Waals surface area contributed by atoms with E-state index in [4.69, 9.17) is 15.2 Å². The lowest BCUT2D eigenvalue weighted by atomic mass is 10.1. The van der Waals surface area contributed by atoms with Crippen LogP contribution in [0.25, 0.3) is 0 Å². The number of benzene rings is 2. The van der Waals surface area contributed by atoms with Gasteiger partial charge in [0.05, 0.1) is 14.2 Å². The number of methoxy groups -OCH3 is 2. The van der Waals surface area contributed by atoms with Gasteiger partial charge < -0.3 is 20.5 Å². The zero-order valence-electron chi connectivity index (χ0n) is 13.8. The molecule has 0 aliphatic heterocycles. The Morgan fingerprint density at radius 3 is 2.57 bits per heavy atom. The summed E-state index contributed by atoms with van der Waals surface area (Å²) in [7, 11) is 3.25. The molecule has 0 saturated carbocycles. The molecule has 0 atom stereocenters. The molecule has 2 rings (SSSR count). The van der Waals surface area contributed by atoms with Crippen molar-refractivity contribution in [3.8, 4) is 11.5 Å². The van der Waals surface area contributed by atoms with E-state index in [-0.39, 0.29) is 0 Å². The standard InChI is InChI=1S/C18H23N3O2/c1-13-5-4-6-15(11-13)21-18(19)20-10-9-14-7-8-16(22-2)17(12-14)23-3/h4-8,11-12H,9-10H2,1-3H3,(H3,19,20,21). The fourth-order valence-electron chi connectivity index (χ4n) is 2.25. The summed E-state index contributed by atoms with van der Waals surface area (Å²) in [5, 5.41) is 3.09. The van der Waals surface area contributed by atoms with Crippen molar-refractivity contribution in [1.29, 1.82) is 0 Å². The van der Waals surface area contributed by atoms with E-state index >= 15 is 0 Å². The second-order valence-corrected chi connectivity index (χ2v) is 5.20. The van der Waals surface area contributed by atoms with E-state index in [1.165, 1.54) is 5.56 Å². The van der Waals surface area contributed by atoms with Crippen molar-refractivity contribution in [2.75, 3.05) is 26.1 Å². The molecule has 0 unspecified atom stereocenters. The number of aliphatic imine (C=N–C) groups is 1. The van der Waals surface area contributed by atoms with Crippen LogP contribution in [0.3, 0.4) is 0 Å². The molecule has 5 nitrogen and oxygen atoms in total. The van der Waals surface area contributed by atoms with Crippen molar-refractivity contribution in [3.63, 3.8) is 0 Å². The van der Waals surface area contributed by atoms with E-state index < -0.39 is 0 Å². The van der Waals surface area contributed by atoms with E-state index in [1.54, 1.807) is 14.2 Å². The van der Waals surface area contributed by atoms with Crippen LogP contribution >= 0.6 is 0 Å². The molecular formula is C18H23N3O2. The Bertz CT molecular complexity index is 684. The molecule has 0 bridgehead atoms. The fraction of sp³-hybridized carbons (Fsp3) is 0.278. The third kappa shape index (κ3) is 4.92. The van der Waals surface area contributed by atoms with E-state index in [0.717, 1.165) is 29.2 Å². The predicted molar refractivity (Wildman–Crippen MR) is 94.5 cm³/mol. The minimum atomic E-state index is 0.413. The first-order valence-corrected chi connectivity index (χ1v) is 7.47. The number of anilines is 1. The monoisotopic (exact) mass is 313 g/mol. The summed E-state index contributed by atoms with van der Waals surface area (Å²) < 4.78 is 10.5. The SMILES string of the molecule is COc1ccc(CCN=C(N)Nc2cccc(C)c2)cc1OC. The maximum absolute atomic E-state index is 5.92. The van der Waals surface area contributed by atoms with E-state index in [0.29, 0.717) is 12.5 Å². The second-order valence-electron chi connectivity index (χ2n) is 5.20. The van der Waals surface area contributed by atoms with Crippen molar-refractivity contribution >= 4 is 11.6 Å². The average molecular weight is 313 g/mol. The van der Waals surface area contributed by atoms with Gasteiger partial charge in [0, 0.05) is 12.2 Å². The van der Waals surface area contributed by atoms with Gasteiger partial charge in [-0.1, -0.05) is 18.2 Å². The summed E-state index contributed by atoms with van der Waals surface area (Å²) in [5.41, 5.74) is 9.15. The molecule has 0 saturated heterocycles. The first kappa shape index (κ1) is 16.7. The fourth-order valence-corrected chi connectivity index (χ4v) is 2.25. The molecule has 2 aromatic carbocycles. The van der Waals surface area contributed by atoms with Gasteiger partial charge in [-0.15, -0.1) is 0 Å². The Morgan fingerprint density at radius 1 is 1.09 bits per heavy atom. The van der Waals surface area contributed by atoms with Crippen LogP contribution in [-0.2, 0) is 6.42 Å². The van der Waals surface area contributed by atoms with E-state index in [2.05, 4.69) is 10.3 Å². The topological polar surface area (TPSA) is 68.9 Å². The van der Waals surface area contributed by atoms with Crippen molar-refractivity contribution in [2.24, 2.45) is 10.7 Å². The molecule has 2 aromatic rings. The third-order valence-corrected chi connectivity index (χ3v) is 3.42. The van der Waals surface area contributed by atoms with E-state index in [9.17, 15) is 0 Å². The van der Waals surface area contributed by atoms with Crippen LogP contribution in [0.1, 0.15) is 11.1 Å². The highest BCUT2D eigenvalue weighted by Gasteiger charge is 2.04. The number of guanidine groups is 1. The third-order valence-electron chi connectivity index (χ3n) is 3.42. The Hall–Kier alpha value is -2.69. The first-order chi connectivity index (χ1) is 11.1. The molecule has 23 heavy (non-hydrogen) atoms.